The molecule has 1 saturated heterocycles. The van der Waals surface area contributed by atoms with Crippen molar-refractivity contribution in [3.63, 3.8) is 0 Å². The summed E-state index contributed by atoms with van der Waals surface area (Å²) in [7, 11) is 0. The normalized spacial score (nSPS) is 16.1. The van der Waals surface area contributed by atoms with E-state index in [1.54, 1.807) is 0 Å². The van der Waals surface area contributed by atoms with Crippen molar-refractivity contribution >= 4 is 11.6 Å². The van der Waals surface area contributed by atoms with Gasteiger partial charge in [0.05, 0.1) is 6.54 Å². The average molecular weight is 266 g/mol. The lowest BCUT2D eigenvalue weighted by Gasteiger charge is -2.23. The van der Waals surface area contributed by atoms with Crippen LogP contribution in [0.15, 0.2) is 18.2 Å². The van der Waals surface area contributed by atoms with Crippen LogP contribution in [0, 0.1) is 12.7 Å². The second-order valence-corrected chi connectivity index (χ2v) is 4.82. The first-order chi connectivity index (χ1) is 9.13. The molecule has 1 aromatic rings. The minimum Gasteiger partial charge on any atom is -0.381 e. The smallest absolute Gasteiger partial charge is 0.239 e. The summed E-state index contributed by atoms with van der Waals surface area (Å²) in [5.41, 5.74) is 1.45. The summed E-state index contributed by atoms with van der Waals surface area (Å²) in [6, 6.07) is 4.84. The number of carbonyl (C=O) groups is 1. The number of hydrogen-bond acceptors (Lipinski definition) is 3. The van der Waals surface area contributed by atoms with Crippen LogP contribution in [-0.4, -0.2) is 31.7 Å². The second kappa shape index (κ2) is 6.52. The van der Waals surface area contributed by atoms with Crippen LogP contribution in [0.5, 0.6) is 0 Å². The molecule has 1 aliphatic heterocycles. The van der Waals surface area contributed by atoms with Crippen LogP contribution < -0.4 is 10.6 Å². The Labute approximate surface area is 112 Å². The molecule has 5 heteroatoms. The van der Waals surface area contributed by atoms with E-state index in [9.17, 15) is 9.18 Å². The number of halogens is 1. The van der Waals surface area contributed by atoms with Crippen molar-refractivity contribution in [3.05, 3.63) is 29.6 Å². The van der Waals surface area contributed by atoms with Crippen LogP contribution >= 0.6 is 0 Å². The molecule has 0 aliphatic carbocycles. The number of anilines is 1. The molecule has 1 aromatic carbocycles. The van der Waals surface area contributed by atoms with Gasteiger partial charge in [-0.3, -0.25) is 4.79 Å². The van der Waals surface area contributed by atoms with Gasteiger partial charge in [-0.25, -0.2) is 4.39 Å². The zero-order valence-electron chi connectivity index (χ0n) is 11.0. The summed E-state index contributed by atoms with van der Waals surface area (Å²) in [4.78, 5) is 11.7. The van der Waals surface area contributed by atoms with Crippen molar-refractivity contribution in [2.24, 2.45) is 0 Å². The lowest BCUT2D eigenvalue weighted by Crippen LogP contribution is -2.41. The van der Waals surface area contributed by atoms with Crippen LogP contribution in [0.4, 0.5) is 10.1 Å². The van der Waals surface area contributed by atoms with Crippen LogP contribution in [0.3, 0.4) is 0 Å². The molecule has 2 N–H and O–H groups in total. The molecule has 1 aliphatic rings. The number of hydrogen-bond donors (Lipinski definition) is 2. The minimum absolute atomic E-state index is 0.0752. The maximum absolute atomic E-state index is 13.2. The van der Waals surface area contributed by atoms with Crippen molar-refractivity contribution in [1.82, 2.24) is 5.32 Å². The molecule has 0 spiro atoms. The Morgan fingerprint density at radius 2 is 2.11 bits per heavy atom. The Bertz CT molecular complexity index is 425. The quantitative estimate of drug-likeness (QED) is 0.874. The molecular weight excluding hydrogens is 247 g/mol. The summed E-state index contributed by atoms with van der Waals surface area (Å²) in [6.45, 7) is 3.36. The van der Waals surface area contributed by atoms with Crippen molar-refractivity contribution < 1.29 is 13.9 Å². The highest BCUT2D eigenvalue weighted by atomic mass is 19.1. The van der Waals surface area contributed by atoms with Gasteiger partial charge in [-0.15, -0.1) is 0 Å². The number of nitrogens with one attached hydrogen (secondary N) is 2. The average Bonchev–Trinajstić information content (AvgIpc) is 2.36. The summed E-state index contributed by atoms with van der Waals surface area (Å²) in [6.07, 6.45) is 1.70. The Morgan fingerprint density at radius 1 is 1.37 bits per heavy atom. The second-order valence-electron chi connectivity index (χ2n) is 4.82. The Hall–Kier alpha value is -1.62. The summed E-state index contributed by atoms with van der Waals surface area (Å²) in [5.74, 6) is -0.374. The van der Waals surface area contributed by atoms with Crippen LogP contribution in [0.1, 0.15) is 18.4 Å². The molecule has 1 amide bonds. The van der Waals surface area contributed by atoms with Gasteiger partial charge in [0, 0.05) is 24.9 Å². The number of ether oxygens (including phenoxy) is 1. The van der Waals surface area contributed by atoms with E-state index in [-0.39, 0.29) is 24.3 Å². The fourth-order valence-electron chi connectivity index (χ4n) is 2.14. The molecule has 0 saturated carbocycles. The number of benzene rings is 1. The molecule has 0 aromatic heterocycles. The van der Waals surface area contributed by atoms with Crippen molar-refractivity contribution in [2.75, 3.05) is 25.1 Å². The molecule has 0 unspecified atom stereocenters. The molecule has 1 fully saturated rings. The van der Waals surface area contributed by atoms with Gasteiger partial charge in [0.2, 0.25) is 5.91 Å². The van der Waals surface area contributed by atoms with E-state index in [0.29, 0.717) is 18.9 Å². The van der Waals surface area contributed by atoms with Gasteiger partial charge in [0.25, 0.3) is 0 Å². The highest BCUT2D eigenvalue weighted by Crippen LogP contribution is 2.13. The first-order valence-electron chi connectivity index (χ1n) is 6.51. The lowest BCUT2D eigenvalue weighted by molar-refractivity contribution is -0.120. The Balaban J connectivity index is 1.79. The number of rotatable bonds is 4. The third kappa shape index (κ3) is 4.52. The van der Waals surface area contributed by atoms with E-state index >= 15 is 0 Å². The Kier molecular flexibility index (Phi) is 4.74. The van der Waals surface area contributed by atoms with Gasteiger partial charge >= 0.3 is 0 Å². The van der Waals surface area contributed by atoms with Crippen molar-refractivity contribution in [3.8, 4) is 0 Å². The number of carbonyl (C=O) groups excluding carboxylic acids is 1. The van der Waals surface area contributed by atoms with Gasteiger partial charge in [-0.2, -0.15) is 0 Å². The van der Waals surface area contributed by atoms with Gasteiger partial charge < -0.3 is 15.4 Å². The van der Waals surface area contributed by atoms with E-state index in [2.05, 4.69) is 10.6 Å². The Morgan fingerprint density at radius 3 is 2.79 bits per heavy atom. The lowest BCUT2D eigenvalue weighted by atomic mass is 10.1. The monoisotopic (exact) mass is 266 g/mol. The zero-order chi connectivity index (χ0) is 13.7. The molecule has 2 rings (SSSR count). The third-order valence-electron chi connectivity index (χ3n) is 3.08. The van der Waals surface area contributed by atoms with E-state index in [1.165, 1.54) is 12.1 Å². The SMILES string of the molecule is Cc1cc(F)cc(NCC(=O)NC2CCOCC2)c1. The van der Waals surface area contributed by atoms with E-state index in [4.69, 9.17) is 4.74 Å². The largest absolute Gasteiger partial charge is 0.381 e. The zero-order valence-corrected chi connectivity index (χ0v) is 11.0. The van der Waals surface area contributed by atoms with Crippen molar-refractivity contribution in [2.45, 2.75) is 25.8 Å². The molecule has 0 atom stereocenters. The van der Waals surface area contributed by atoms with Gasteiger partial charge in [0.15, 0.2) is 0 Å². The number of amides is 1. The predicted molar refractivity (Wildman–Crippen MR) is 71.6 cm³/mol. The summed E-state index contributed by atoms with van der Waals surface area (Å²) >= 11 is 0. The maximum atomic E-state index is 13.2. The van der Waals surface area contributed by atoms with Crippen molar-refractivity contribution in [1.29, 1.82) is 0 Å². The molecular formula is C14H19FN2O2. The van der Waals surface area contributed by atoms with Gasteiger partial charge in [0.1, 0.15) is 5.82 Å². The molecule has 0 radical (unpaired) electrons. The highest BCUT2D eigenvalue weighted by molar-refractivity contribution is 5.81. The molecule has 4 nitrogen and oxygen atoms in total. The highest BCUT2D eigenvalue weighted by Gasteiger charge is 2.15. The number of aryl methyl sites for hydroxylation is 1. The fraction of sp³-hybridized carbons (Fsp3) is 0.500. The topological polar surface area (TPSA) is 50.4 Å². The third-order valence-corrected chi connectivity index (χ3v) is 3.08. The van der Waals surface area contributed by atoms with Crippen LogP contribution in [-0.2, 0) is 9.53 Å². The predicted octanol–water partition coefficient (Wildman–Crippen LogP) is 1.84. The van der Waals surface area contributed by atoms with Gasteiger partial charge in [-0.1, -0.05) is 0 Å². The summed E-state index contributed by atoms with van der Waals surface area (Å²) < 4.78 is 18.4. The van der Waals surface area contributed by atoms with E-state index in [0.717, 1.165) is 18.4 Å². The molecule has 104 valence electrons. The first kappa shape index (κ1) is 13.8. The van der Waals surface area contributed by atoms with Gasteiger partial charge in [-0.05, 0) is 43.5 Å². The fourth-order valence-corrected chi connectivity index (χ4v) is 2.14. The molecule has 1 heterocycles. The van der Waals surface area contributed by atoms with E-state index in [1.807, 2.05) is 13.0 Å². The van der Waals surface area contributed by atoms with E-state index < -0.39 is 0 Å². The molecule has 19 heavy (non-hydrogen) atoms. The van der Waals surface area contributed by atoms with Crippen LogP contribution in [0.25, 0.3) is 0 Å². The minimum atomic E-state index is -0.299. The standard InChI is InChI=1S/C14H19FN2O2/c1-10-6-11(15)8-13(7-10)16-9-14(18)17-12-2-4-19-5-3-12/h6-8,12,16H,2-5,9H2,1H3,(H,17,18). The maximum Gasteiger partial charge on any atom is 0.239 e. The summed E-state index contributed by atoms with van der Waals surface area (Å²) in [5, 5.41) is 5.88. The molecule has 0 bridgehead atoms. The van der Waals surface area contributed by atoms with Crippen LogP contribution in [0.2, 0.25) is 0 Å². The first-order valence-corrected chi connectivity index (χ1v) is 6.51.